The van der Waals surface area contributed by atoms with Crippen LogP contribution in [0.5, 0.6) is 0 Å². The summed E-state index contributed by atoms with van der Waals surface area (Å²) in [6.07, 6.45) is 0. The molecule has 2 N–H and O–H groups in total. The molecule has 0 atom stereocenters. The van der Waals surface area contributed by atoms with Crippen LogP contribution in [0.3, 0.4) is 0 Å². The third-order valence-corrected chi connectivity index (χ3v) is 2.30. The van der Waals surface area contributed by atoms with Gasteiger partial charge >= 0.3 is 29.6 Å². The summed E-state index contributed by atoms with van der Waals surface area (Å²) in [4.78, 5) is 0. The van der Waals surface area contributed by atoms with Crippen LogP contribution < -0.4 is 29.6 Å². The second-order valence-electron chi connectivity index (χ2n) is 1.57. The monoisotopic (exact) mass is 214 g/mol. The Morgan fingerprint density at radius 3 is 1.18 bits per heavy atom. The van der Waals surface area contributed by atoms with E-state index in [0.29, 0.717) is 0 Å². The van der Waals surface area contributed by atoms with Crippen molar-refractivity contribution in [2.75, 3.05) is 11.5 Å². The van der Waals surface area contributed by atoms with E-state index < -0.39 is 31.7 Å². The van der Waals surface area contributed by atoms with E-state index in [1.54, 1.807) is 0 Å². The summed E-state index contributed by atoms with van der Waals surface area (Å²) in [5.41, 5.74) is 0. The fourth-order valence-electron chi connectivity index (χ4n) is 0.211. The van der Waals surface area contributed by atoms with Crippen LogP contribution in [0.2, 0.25) is 0 Å². The molecule has 0 fully saturated rings. The van der Waals surface area contributed by atoms with Gasteiger partial charge in [0, 0.05) is 0 Å². The summed E-state index contributed by atoms with van der Waals surface area (Å²) >= 11 is 0. The summed E-state index contributed by atoms with van der Waals surface area (Å²) in [5.74, 6) is -1.96. The molecule has 0 aliphatic carbocycles. The normalized spacial score (nSPS) is 12.2. The first-order valence-electron chi connectivity index (χ1n) is 2.11. The average Bonchev–Trinajstić information content (AvgIpc) is 1.57. The fourth-order valence-corrected chi connectivity index (χ4v) is 1.90. The van der Waals surface area contributed by atoms with Crippen LogP contribution in [0.25, 0.3) is 0 Å². The molecule has 0 bridgehead atoms. The maximum Gasteiger partial charge on any atom is 1.00 e. The predicted octanol–water partition coefficient (Wildman–Crippen LogP) is -4.12. The van der Waals surface area contributed by atoms with Crippen molar-refractivity contribution in [3.8, 4) is 0 Å². The first-order chi connectivity index (χ1) is 4.21. The summed E-state index contributed by atoms with van der Waals surface area (Å²) in [6.45, 7) is 0. The average molecular weight is 214 g/mol. The summed E-state index contributed by atoms with van der Waals surface area (Å²) in [7, 11) is -8.59. The molecule has 0 unspecified atom stereocenters. The Morgan fingerprint density at radius 2 is 1.09 bits per heavy atom. The minimum Gasteiger partial charge on any atom is -1.00 e. The van der Waals surface area contributed by atoms with Crippen molar-refractivity contribution in [3.63, 3.8) is 0 Å². The molecule has 64 valence electrons. The van der Waals surface area contributed by atoms with Crippen LogP contribution in [0.15, 0.2) is 0 Å². The van der Waals surface area contributed by atoms with Crippen molar-refractivity contribution >= 4 is 20.2 Å². The second kappa shape index (κ2) is 4.75. The standard InChI is InChI=1S/C2H6O6S2.Na.H/c3-9(4,5)1-2-10(6,7)8;;/h1-2H2,(H,3,4,5)(H,6,7,8);;/q;+1;-1. The molecule has 9 heteroatoms. The Morgan fingerprint density at radius 1 is 0.909 bits per heavy atom. The van der Waals surface area contributed by atoms with E-state index in [2.05, 4.69) is 0 Å². The third-order valence-electron chi connectivity index (χ3n) is 0.599. The Bertz CT molecular complexity index is 260. The van der Waals surface area contributed by atoms with Gasteiger partial charge in [-0.25, -0.2) is 0 Å². The largest absolute Gasteiger partial charge is 1.00 e. The van der Waals surface area contributed by atoms with Crippen LogP contribution >= 0.6 is 0 Å². The van der Waals surface area contributed by atoms with E-state index in [-0.39, 0.29) is 31.0 Å². The zero-order valence-electron chi connectivity index (χ0n) is 6.76. The Hall–Kier alpha value is 0.820. The van der Waals surface area contributed by atoms with Gasteiger partial charge in [0.15, 0.2) is 0 Å². The second-order valence-corrected chi connectivity index (χ2v) is 4.72. The van der Waals surface area contributed by atoms with Crippen molar-refractivity contribution < 1.29 is 56.9 Å². The van der Waals surface area contributed by atoms with E-state index in [1.807, 2.05) is 0 Å². The van der Waals surface area contributed by atoms with Gasteiger partial charge in [-0.2, -0.15) is 16.8 Å². The van der Waals surface area contributed by atoms with Gasteiger partial charge in [0.25, 0.3) is 20.2 Å². The third kappa shape index (κ3) is 13.8. The van der Waals surface area contributed by atoms with E-state index in [4.69, 9.17) is 9.11 Å². The summed E-state index contributed by atoms with van der Waals surface area (Å²) in [6, 6.07) is 0. The molecular formula is C2H7NaO6S2. The van der Waals surface area contributed by atoms with Crippen LogP contribution in [0.1, 0.15) is 1.43 Å². The van der Waals surface area contributed by atoms with Crippen molar-refractivity contribution in [2.45, 2.75) is 0 Å². The molecule has 0 aliphatic heterocycles. The van der Waals surface area contributed by atoms with Gasteiger partial charge in [-0.3, -0.25) is 9.11 Å². The molecule has 0 saturated heterocycles. The maximum absolute atomic E-state index is 9.86. The van der Waals surface area contributed by atoms with Crippen molar-refractivity contribution in [1.29, 1.82) is 0 Å². The van der Waals surface area contributed by atoms with Gasteiger partial charge in [-0.15, -0.1) is 0 Å². The van der Waals surface area contributed by atoms with Crippen LogP contribution in [0.4, 0.5) is 0 Å². The van der Waals surface area contributed by atoms with Crippen molar-refractivity contribution in [1.82, 2.24) is 0 Å². The molecule has 0 saturated carbocycles. The minimum absolute atomic E-state index is 0. The Kier molecular flexibility index (Phi) is 6.20. The van der Waals surface area contributed by atoms with Gasteiger partial charge in [0.2, 0.25) is 0 Å². The van der Waals surface area contributed by atoms with Gasteiger partial charge in [-0.05, 0) is 0 Å². The van der Waals surface area contributed by atoms with Crippen LogP contribution in [0, 0.1) is 0 Å². The molecule has 0 radical (unpaired) electrons. The topological polar surface area (TPSA) is 109 Å². The smallest absolute Gasteiger partial charge is 1.00 e. The molecule has 0 aromatic heterocycles. The Labute approximate surface area is 88.3 Å². The van der Waals surface area contributed by atoms with E-state index in [1.165, 1.54) is 0 Å². The molecule has 0 aromatic carbocycles. The van der Waals surface area contributed by atoms with E-state index in [0.717, 1.165) is 0 Å². The quantitative estimate of drug-likeness (QED) is 0.365. The molecule has 0 spiro atoms. The molecule has 0 rings (SSSR count). The number of rotatable bonds is 3. The van der Waals surface area contributed by atoms with Crippen molar-refractivity contribution in [2.24, 2.45) is 0 Å². The number of hydrogen-bond acceptors (Lipinski definition) is 4. The summed E-state index contributed by atoms with van der Waals surface area (Å²) in [5, 5.41) is 0. The van der Waals surface area contributed by atoms with E-state index in [9.17, 15) is 16.8 Å². The Balaban J connectivity index is -0.000000405. The zero-order chi connectivity index (χ0) is 8.41. The molecular weight excluding hydrogens is 207 g/mol. The molecule has 6 nitrogen and oxygen atoms in total. The van der Waals surface area contributed by atoms with E-state index >= 15 is 0 Å². The summed E-state index contributed by atoms with van der Waals surface area (Å²) < 4.78 is 55.4. The molecule has 11 heavy (non-hydrogen) atoms. The van der Waals surface area contributed by atoms with Gasteiger partial charge in [-0.1, -0.05) is 0 Å². The van der Waals surface area contributed by atoms with Gasteiger partial charge < -0.3 is 1.43 Å². The maximum atomic E-state index is 9.86. The molecule has 0 aliphatic rings. The van der Waals surface area contributed by atoms with Gasteiger partial charge in [0.05, 0.1) is 11.5 Å². The first kappa shape index (κ1) is 14.3. The SMILES string of the molecule is O=S(=O)(O)CCS(=O)(=O)O.[H-].[Na+]. The molecule has 0 heterocycles. The first-order valence-corrected chi connectivity index (χ1v) is 5.33. The zero-order valence-corrected chi connectivity index (χ0v) is 9.39. The number of hydrogen-bond donors (Lipinski definition) is 2. The minimum atomic E-state index is -4.30. The van der Waals surface area contributed by atoms with Crippen LogP contribution in [-0.2, 0) is 20.2 Å². The molecule has 0 amide bonds. The van der Waals surface area contributed by atoms with Crippen molar-refractivity contribution in [3.05, 3.63) is 0 Å². The fraction of sp³-hybridized carbons (Fsp3) is 1.00. The van der Waals surface area contributed by atoms with Gasteiger partial charge in [0.1, 0.15) is 0 Å². The van der Waals surface area contributed by atoms with Crippen LogP contribution in [-0.4, -0.2) is 37.4 Å². The molecule has 0 aromatic rings. The predicted molar refractivity (Wildman–Crippen MR) is 33.9 cm³/mol.